The van der Waals surface area contributed by atoms with Gasteiger partial charge in [0.25, 0.3) is 0 Å². The number of halogens is 2. The number of nitrogens with one attached hydrogen (secondary N) is 1. The van der Waals surface area contributed by atoms with Gasteiger partial charge >= 0.3 is 0 Å². The predicted molar refractivity (Wildman–Crippen MR) is 146 cm³/mol. The SMILES string of the molecule is CCCCCC(=O)N1c2ccccc2NC2=C(C(=O)C[C@@H](c3ccc(F)cc3)C2)[C@@H]1c1ccccc1Cl. The highest BCUT2D eigenvalue weighted by Gasteiger charge is 2.42. The molecular weight excluding hydrogens is 487 g/mol. The predicted octanol–water partition coefficient (Wildman–Crippen LogP) is 7.96. The van der Waals surface area contributed by atoms with Crippen LogP contribution in [0.3, 0.4) is 0 Å². The molecule has 0 radical (unpaired) electrons. The molecule has 6 heteroatoms. The standard InChI is InChI=1S/C31H30ClFN2O2/c1-2-3-4-13-29(37)35-27-12-8-7-11-25(27)34-26-18-21(20-14-16-22(33)17-15-20)19-28(36)30(26)31(35)23-9-5-6-10-24(23)32/h5-12,14-17,21,31,34H,2-4,13,18-19H2,1H3/t21-,31-/m0/s1. The number of amides is 1. The number of rotatable bonds is 6. The minimum Gasteiger partial charge on any atom is -0.357 e. The Bertz CT molecular complexity index is 1350. The fourth-order valence-electron chi connectivity index (χ4n) is 5.47. The van der Waals surface area contributed by atoms with Gasteiger partial charge in [0.05, 0.1) is 17.4 Å². The van der Waals surface area contributed by atoms with Gasteiger partial charge in [0, 0.05) is 29.1 Å². The summed E-state index contributed by atoms with van der Waals surface area (Å²) in [7, 11) is 0. The van der Waals surface area contributed by atoms with E-state index < -0.39 is 6.04 Å². The van der Waals surface area contributed by atoms with Crippen LogP contribution in [0.2, 0.25) is 5.02 Å². The number of carbonyl (C=O) groups is 2. The van der Waals surface area contributed by atoms with Crippen molar-refractivity contribution in [3.63, 3.8) is 0 Å². The fraction of sp³-hybridized carbons (Fsp3) is 0.290. The van der Waals surface area contributed by atoms with Gasteiger partial charge in [0.15, 0.2) is 5.78 Å². The Morgan fingerprint density at radius 3 is 2.49 bits per heavy atom. The summed E-state index contributed by atoms with van der Waals surface area (Å²) in [6.45, 7) is 2.11. The maximum Gasteiger partial charge on any atom is 0.227 e. The van der Waals surface area contributed by atoms with Crippen LogP contribution in [0, 0.1) is 5.82 Å². The molecule has 0 bridgehead atoms. The summed E-state index contributed by atoms with van der Waals surface area (Å²) in [5, 5.41) is 4.03. The van der Waals surface area contributed by atoms with Gasteiger partial charge in [0.2, 0.25) is 5.91 Å². The number of hydrogen-bond acceptors (Lipinski definition) is 3. The topological polar surface area (TPSA) is 49.4 Å². The Hall–Kier alpha value is -3.44. The van der Waals surface area contributed by atoms with Crippen LogP contribution in [-0.4, -0.2) is 11.7 Å². The molecular formula is C31H30ClFN2O2. The zero-order chi connectivity index (χ0) is 25.9. The van der Waals surface area contributed by atoms with Gasteiger partial charge in [-0.2, -0.15) is 0 Å². The lowest BCUT2D eigenvalue weighted by Gasteiger charge is -2.35. The van der Waals surface area contributed by atoms with Crippen LogP contribution in [0.25, 0.3) is 0 Å². The van der Waals surface area contributed by atoms with Crippen LogP contribution in [0.4, 0.5) is 15.8 Å². The van der Waals surface area contributed by atoms with Crippen molar-refractivity contribution in [2.75, 3.05) is 10.2 Å². The van der Waals surface area contributed by atoms with Crippen molar-refractivity contribution >= 4 is 34.7 Å². The first kappa shape index (κ1) is 25.2. The molecule has 0 saturated carbocycles. The van der Waals surface area contributed by atoms with E-state index in [0.717, 1.165) is 47.5 Å². The maximum absolute atomic E-state index is 14.0. The van der Waals surface area contributed by atoms with E-state index in [2.05, 4.69) is 12.2 Å². The van der Waals surface area contributed by atoms with E-state index >= 15 is 0 Å². The average Bonchev–Trinajstić information content (AvgIpc) is 3.04. The van der Waals surface area contributed by atoms with E-state index in [-0.39, 0.29) is 29.8 Å². The molecule has 0 spiro atoms. The first-order valence-electron chi connectivity index (χ1n) is 12.9. The number of para-hydroxylation sites is 2. The summed E-state index contributed by atoms with van der Waals surface area (Å²) >= 11 is 6.73. The highest BCUT2D eigenvalue weighted by Crippen LogP contribution is 2.48. The third-order valence-electron chi connectivity index (χ3n) is 7.29. The number of Topliss-reactive ketones (excluding diaryl/α,β-unsaturated/α-hetero) is 1. The number of carbonyl (C=O) groups excluding carboxylic acids is 2. The summed E-state index contributed by atoms with van der Waals surface area (Å²) in [6, 6.07) is 20.8. The molecule has 3 aromatic rings. The quantitative estimate of drug-likeness (QED) is 0.338. The minimum atomic E-state index is -0.643. The van der Waals surface area contributed by atoms with Crippen molar-refractivity contribution in [3.05, 3.63) is 106 Å². The smallest absolute Gasteiger partial charge is 0.227 e. The van der Waals surface area contributed by atoms with Crippen LogP contribution in [0.1, 0.15) is 68.5 Å². The zero-order valence-corrected chi connectivity index (χ0v) is 21.6. The second-order valence-electron chi connectivity index (χ2n) is 9.76. The summed E-state index contributed by atoms with van der Waals surface area (Å²) in [5.41, 5.74) is 4.52. The average molecular weight is 517 g/mol. The molecule has 190 valence electrons. The third kappa shape index (κ3) is 5.05. The molecule has 4 nitrogen and oxygen atoms in total. The number of fused-ring (bicyclic) bond motifs is 1. The summed E-state index contributed by atoms with van der Waals surface area (Å²) in [6.07, 6.45) is 3.99. The number of hydrogen-bond donors (Lipinski definition) is 1. The summed E-state index contributed by atoms with van der Waals surface area (Å²) in [4.78, 5) is 29.6. The molecule has 0 saturated heterocycles. The van der Waals surface area contributed by atoms with E-state index in [4.69, 9.17) is 11.6 Å². The lowest BCUT2D eigenvalue weighted by atomic mass is 9.78. The lowest BCUT2D eigenvalue weighted by molar-refractivity contribution is -0.119. The summed E-state index contributed by atoms with van der Waals surface area (Å²) in [5.74, 6) is -0.462. The van der Waals surface area contributed by atoms with Crippen LogP contribution in [0.5, 0.6) is 0 Å². The van der Waals surface area contributed by atoms with Gasteiger partial charge in [-0.15, -0.1) is 0 Å². The number of unbranched alkanes of at least 4 members (excludes halogenated alkanes) is 2. The molecule has 0 aromatic heterocycles. The van der Waals surface area contributed by atoms with Gasteiger partial charge in [-0.3, -0.25) is 14.5 Å². The van der Waals surface area contributed by atoms with Crippen LogP contribution in [0.15, 0.2) is 84.1 Å². The van der Waals surface area contributed by atoms with Crippen LogP contribution in [-0.2, 0) is 9.59 Å². The van der Waals surface area contributed by atoms with Gasteiger partial charge in [-0.05, 0) is 60.2 Å². The van der Waals surface area contributed by atoms with Crippen LogP contribution < -0.4 is 10.2 Å². The molecule has 5 rings (SSSR count). The van der Waals surface area contributed by atoms with Crippen LogP contribution >= 0.6 is 11.6 Å². The number of nitrogens with zero attached hydrogens (tertiary/aromatic N) is 1. The molecule has 0 unspecified atom stereocenters. The number of benzene rings is 3. The second-order valence-corrected chi connectivity index (χ2v) is 10.2. The normalized spacial score (nSPS) is 19.1. The fourth-order valence-corrected chi connectivity index (χ4v) is 5.71. The van der Waals surface area contributed by atoms with E-state index in [1.807, 2.05) is 42.5 Å². The third-order valence-corrected chi connectivity index (χ3v) is 7.64. The largest absolute Gasteiger partial charge is 0.357 e. The second kappa shape index (κ2) is 10.9. The van der Waals surface area contributed by atoms with E-state index in [1.54, 1.807) is 23.1 Å². The number of anilines is 2. The minimum absolute atomic E-state index is 0.0326. The highest BCUT2D eigenvalue weighted by molar-refractivity contribution is 6.31. The summed E-state index contributed by atoms with van der Waals surface area (Å²) < 4.78 is 13.6. The zero-order valence-electron chi connectivity index (χ0n) is 20.8. The van der Waals surface area contributed by atoms with Crippen molar-refractivity contribution in [1.29, 1.82) is 0 Å². The van der Waals surface area contributed by atoms with E-state index in [1.165, 1.54) is 12.1 Å². The first-order valence-corrected chi connectivity index (χ1v) is 13.3. The Kier molecular flexibility index (Phi) is 7.43. The molecule has 1 aliphatic carbocycles. The Morgan fingerprint density at radius 1 is 1.00 bits per heavy atom. The number of ketones is 1. The molecule has 1 heterocycles. The van der Waals surface area contributed by atoms with Gasteiger partial charge in [0.1, 0.15) is 5.82 Å². The van der Waals surface area contributed by atoms with E-state index in [9.17, 15) is 14.0 Å². The molecule has 1 N–H and O–H groups in total. The van der Waals surface area contributed by atoms with Crippen molar-refractivity contribution in [3.8, 4) is 0 Å². The molecule has 1 amide bonds. The molecule has 0 fully saturated rings. The maximum atomic E-state index is 14.0. The Balaban J connectivity index is 1.67. The highest BCUT2D eigenvalue weighted by atomic mass is 35.5. The Morgan fingerprint density at radius 2 is 1.73 bits per heavy atom. The first-order chi connectivity index (χ1) is 18.0. The monoisotopic (exact) mass is 516 g/mol. The molecule has 1 aliphatic heterocycles. The van der Waals surface area contributed by atoms with Gasteiger partial charge in [-0.1, -0.05) is 73.8 Å². The molecule has 2 aliphatic rings. The van der Waals surface area contributed by atoms with Gasteiger partial charge in [-0.25, -0.2) is 4.39 Å². The van der Waals surface area contributed by atoms with Crippen molar-refractivity contribution in [1.82, 2.24) is 0 Å². The molecule has 2 atom stereocenters. The van der Waals surface area contributed by atoms with Gasteiger partial charge < -0.3 is 5.32 Å². The van der Waals surface area contributed by atoms with Crippen molar-refractivity contribution < 1.29 is 14.0 Å². The molecule has 37 heavy (non-hydrogen) atoms. The Labute approximate surface area is 222 Å². The number of allylic oxidation sites excluding steroid dienone is 1. The molecule has 3 aromatic carbocycles. The van der Waals surface area contributed by atoms with Crippen molar-refractivity contribution in [2.24, 2.45) is 0 Å². The lowest BCUT2D eigenvalue weighted by Crippen LogP contribution is -2.38. The van der Waals surface area contributed by atoms with Crippen molar-refractivity contribution in [2.45, 2.75) is 57.4 Å². The van der Waals surface area contributed by atoms with E-state index in [0.29, 0.717) is 23.4 Å².